The lowest BCUT2D eigenvalue weighted by Crippen LogP contribution is -2.35. The van der Waals surface area contributed by atoms with Gasteiger partial charge in [-0.3, -0.25) is 0 Å². The van der Waals surface area contributed by atoms with E-state index < -0.39 is 6.10 Å². The van der Waals surface area contributed by atoms with Crippen molar-refractivity contribution in [3.8, 4) is 17.2 Å². The summed E-state index contributed by atoms with van der Waals surface area (Å²) in [6.45, 7) is 5.01. The van der Waals surface area contributed by atoms with E-state index in [0.717, 1.165) is 4.47 Å². The summed E-state index contributed by atoms with van der Waals surface area (Å²) in [7, 11) is 0. The minimum Gasteiger partial charge on any atom is -0.490 e. The zero-order valence-electron chi connectivity index (χ0n) is 11.0. The summed E-state index contributed by atoms with van der Waals surface area (Å²) in [5.41, 5.74) is 0. The van der Waals surface area contributed by atoms with Gasteiger partial charge in [-0.25, -0.2) is 0 Å². The van der Waals surface area contributed by atoms with Gasteiger partial charge in [0, 0.05) is 24.7 Å². The zero-order valence-corrected chi connectivity index (χ0v) is 12.6. The van der Waals surface area contributed by atoms with Crippen molar-refractivity contribution in [1.82, 2.24) is 5.32 Å². The van der Waals surface area contributed by atoms with Crippen LogP contribution in [0.15, 0.2) is 16.6 Å². The number of hydrogen-bond donors (Lipinski definition) is 2. The molecule has 0 radical (unpaired) electrons. The zero-order chi connectivity index (χ0) is 13.8. The van der Waals surface area contributed by atoms with E-state index in [4.69, 9.17) is 14.2 Å². The number of fused-ring (bicyclic) bond motifs is 1. The fraction of sp³-hybridized carbons (Fsp3) is 0.538. The van der Waals surface area contributed by atoms with Gasteiger partial charge in [0.25, 0.3) is 0 Å². The SMILES string of the molecule is CC(C)NCC(O)COc1cc2c(cc1Br)OCO2. The van der Waals surface area contributed by atoms with Gasteiger partial charge < -0.3 is 24.6 Å². The molecule has 1 aliphatic heterocycles. The lowest BCUT2D eigenvalue weighted by atomic mass is 10.3. The van der Waals surface area contributed by atoms with E-state index >= 15 is 0 Å². The molecular formula is C13H18BrNO4. The smallest absolute Gasteiger partial charge is 0.231 e. The first kappa shape index (κ1) is 14.4. The molecule has 0 saturated carbocycles. The predicted molar refractivity (Wildman–Crippen MR) is 74.9 cm³/mol. The third-order valence-corrected chi connectivity index (χ3v) is 3.24. The van der Waals surface area contributed by atoms with Crippen molar-refractivity contribution in [1.29, 1.82) is 0 Å². The van der Waals surface area contributed by atoms with Crippen LogP contribution < -0.4 is 19.5 Å². The van der Waals surface area contributed by atoms with Crippen molar-refractivity contribution >= 4 is 15.9 Å². The number of halogens is 1. The van der Waals surface area contributed by atoms with Crippen LogP contribution in [-0.4, -0.2) is 37.2 Å². The molecule has 1 atom stereocenters. The van der Waals surface area contributed by atoms with Gasteiger partial charge >= 0.3 is 0 Å². The van der Waals surface area contributed by atoms with Crippen LogP contribution in [0, 0.1) is 0 Å². The summed E-state index contributed by atoms with van der Waals surface area (Å²) >= 11 is 3.40. The van der Waals surface area contributed by atoms with E-state index in [0.29, 0.717) is 29.8 Å². The molecule has 0 fully saturated rings. The number of ether oxygens (including phenoxy) is 3. The second kappa shape index (κ2) is 6.45. The lowest BCUT2D eigenvalue weighted by molar-refractivity contribution is 0.104. The molecule has 0 aromatic heterocycles. The van der Waals surface area contributed by atoms with Crippen molar-refractivity contribution in [3.63, 3.8) is 0 Å². The van der Waals surface area contributed by atoms with Gasteiger partial charge in [0.1, 0.15) is 18.5 Å². The molecule has 1 heterocycles. The van der Waals surface area contributed by atoms with Crippen LogP contribution in [0.3, 0.4) is 0 Å². The molecule has 19 heavy (non-hydrogen) atoms. The molecule has 1 unspecified atom stereocenters. The molecule has 1 aromatic carbocycles. The van der Waals surface area contributed by atoms with Crippen LogP contribution in [0.2, 0.25) is 0 Å². The first-order valence-electron chi connectivity index (χ1n) is 6.19. The van der Waals surface area contributed by atoms with Gasteiger partial charge in [-0.1, -0.05) is 13.8 Å². The molecule has 1 aliphatic rings. The summed E-state index contributed by atoms with van der Waals surface area (Å²) in [6, 6.07) is 3.90. The Bertz CT molecular complexity index is 439. The van der Waals surface area contributed by atoms with Crippen LogP contribution >= 0.6 is 15.9 Å². The van der Waals surface area contributed by atoms with Crippen LogP contribution in [0.5, 0.6) is 17.2 Å². The Kier molecular flexibility index (Phi) is 4.90. The minimum atomic E-state index is -0.556. The van der Waals surface area contributed by atoms with Crippen molar-refractivity contribution < 1.29 is 19.3 Å². The Morgan fingerprint density at radius 2 is 2.05 bits per heavy atom. The molecule has 0 spiro atoms. The third-order valence-electron chi connectivity index (χ3n) is 2.62. The number of benzene rings is 1. The summed E-state index contributed by atoms with van der Waals surface area (Å²) in [6.07, 6.45) is -0.556. The predicted octanol–water partition coefficient (Wildman–Crippen LogP) is 1.92. The van der Waals surface area contributed by atoms with E-state index in [-0.39, 0.29) is 13.4 Å². The first-order chi connectivity index (χ1) is 9.06. The summed E-state index contributed by atoms with van der Waals surface area (Å²) in [5.74, 6) is 1.99. The fourth-order valence-corrected chi connectivity index (χ4v) is 2.06. The standard InChI is InChI=1S/C13H18BrNO4/c1-8(2)15-5-9(16)6-17-11-4-13-12(3-10(11)14)18-7-19-13/h3-4,8-9,15-16H,5-7H2,1-2H3. The second-order valence-electron chi connectivity index (χ2n) is 4.66. The quantitative estimate of drug-likeness (QED) is 0.833. The highest BCUT2D eigenvalue weighted by atomic mass is 79.9. The lowest BCUT2D eigenvalue weighted by Gasteiger charge is -2.15. The van der Waals surface area contributed by atoms with Gasteiger partial charge in [0.15, 0.2) is 11.5 Å². The second-order valence-corrected chi connectivity index (χ2v) is 5.52. The molecule has 0 aliphatic carbocycles. The van der Waals surface area contributed by atoms with Crippen LogP contribution in [0.4, 0.5) is 0 Å². The molecule has 1 aromatic rings. The van der Waals surface area contributed by atoms with Gasteiger partial charge in [-0.05, 0) is 15.9 Å². The largest absolute Gasteiger partial charge is 0.490 e. The average Bonchev–Trinajstić information content (AvgIpc) is 2.80. The molecular weight excluding hydrogens is 314 g/mol. The van der Waals surface area contributed by atoms with E-state index in [1.54, 1.807) is 12.1 Å². The highest BCUT2D eigenvalue weighted by molar-refractivity contribution is 9.10. The maximum atomic E-state index is 9.78. The van der Waals surface area contributed by atoms with Crippen molar-refractivity contribution in [2.24, 2.45) is 0 Å². The van der Waals surface area contributed by atoms with Crippen LogP contribution in [0.25, 0.3) is 0 Å². The summed E-state index contributed by atoms with van der Waals surface area (Å²) in [4.78, 5) is 0. The fourth-order valence-electron chi connectivity index (χ4n) is 1.63. The molecule has 6 heteroatoms. The minimum absolute atomic E-state index is 0.220. The summed E-state index contributed by atoms with van der Waals surface area (Å²) < 4.78 is 16.9. The Morgan fingerprint density at radius 3 is 2.74 bits per heavy atom. The van der Waals surface area contributed by atoms with Gasteiger partial charge in [-0.2, -0.15) is 0 Å². The maximum Gasteiger partial charge on any atom is 0.231 e. The van der Waals surface area contributed by atoms with E-state index in [9.17, 15) is 5.11 Å². The van der Waals surface area contributed by atoms with Crippen molar-refractivity contribution in [2.45, 2.75) is 26.0 Å². The van der Waals surface area contributed by atoms with Gasteiger partial charge in [0.2, 0.25) is 6.79 Å². The molecule has 2 N–H and O–H groups in total. The molecule has 106 valence electrons. The summed E-state index contributed by atoms with van der Waals surface area (Å²) in [5, 5.41) is 12.9. The highest BCUT2D eigenvalue weighted by Crippen LogP contribution is 2.40. The molecule has 2 rings (SSSR count). The number of rotatable bonds is 6. The molecule has 5 nitrogen and oxygen atoms in total. The van der Waals surface area contributed by atoms with E-state index in [2.05, 4.69) is 21.2 Å². The Balaban J connectivity index is 1.89. The molecule has 0 amide bonds. The van der Waals surface area contributed by atoms with Gasteiger partial charge in [0.05, 0.1) is 4.47 Å². The Morgan fingerprint density at radius 1 is 1.37 bits per heavy atom. The maximum absolute atomic E-state index is 9.78. The third kappa shape index (κ3) is 3.99. The van der Waals surface area contributed by atoms with Crippen molar-refractivity contribution in [3.05, 3.63) is 16.6 Å². The van der Waals surface area contributed by atoms with Gasteiger partial charge in [-0.15, -0.1) is 0 Å². The number of aliphatic hydroxyl groups excluding tert-OH is 1. The number of aliphatic hydroxyl groups is 1. The molecule has 0 saturated heterocycles. The van der Waals surface area contributed by atoms with Crippen LogP contribution in [-0.2, 0) is 0 Å². The number of hydrogen-bond acceptors (Lipinski definition) is 5. The van der Waals surface area contributed by atoms with E-state index in [1.807, 2.05) is 13.8 Å². The monoisotopic (exact) mass is 331 g/mol. The first-order valence-corrected chi connectivity index (χ1v) is 6.99. The average molecular weight is 332 g/mol. The van der Waals surface area contributed by atoms with Crippen molar-refractivity contribution in [2.75, 3.05) is 19.9 Å². The highest BCUT2D eigenvalue weighted by Gasteiger charge is 2.17. The molecule has 0 bridgehead atoms. The van der Waals surface area contributed by atoms with Crippen LogP contribution in [0.1, 0.15) is 13.8 Å². The normalized spacial score (nSPS) is 14.8. The van der Waals surface area contributed by atoms with E-state index in [1.165, 1.54) is 0 Å². The Labute approximate surface area is 121 Å². The topological polar surface area (TPSA) is 60.0 Å². The number of nitrogens with one attached hydrogen (secondary N) is 1. The Hall–Kier alpha value is -0.980.